The van der Waals surface area contributed by atoms with Gasteiger partial charge in [-0.25, -0.2) is 13.4 Å². The molecule has 56 valence electrons. The van der Waals surface area contributed by atoms with E-state index >= 15 is 0 Å². The maximum absolute atomic E-state index is 11.0. The molecule has 0 amide bonds. The van der Waals surface area contributed by atoms with Crippen molar-refractivity contribution in [3.8, 4) is 0 Å². The van der Waals surface area contributed by atoms with Crippen molar-refractivity contribution >= 4 is 42.3 Å². The van der Waals surface area contributed by atoms with Gasteiger partial charge in [-0.05, 0) is 15.9 Å². The summed E-state index contributed by atoms with van der Waals surface area (Å²) in [6.45, 7) is 0. The third kappa shape index (κ3) is 1.15. The number of halogens is 1. The molecule has 0 spiro atoms. The molecular weight excluding hydrogens is 238 g/mol. The van der Waals surface area contributed by atoms with Crippen LogP contribution >= 0.6 is 28.6 Å². The summed E-state index contributed by atoms with van der Waals surface area (Å²) < 4.78 is 22.0. The van der Waals surface area contributed by atoms with Crippen LogP contribution < -0.4 is 0 Å². The summed E-state index contributed by atoms with van der Waals surface area (Å²) in [4.78, 5) is 3.81. The van der Waals surface area contributed by atoms with E-state index in [-0.39, 0.29) is 14.6 Å². The Morgan fingerprint density at radius 2 is 2.30 bits per heavy atom. The first-order valence-corrected chi connectivity index (χ1v) is 5.28. The van der Waals surface area contributed by atoms with Crippen molar-refractivity contribution in [1.82, 2.24) is 0 Å². The van der Waals surface area contributed by atoms with Gasteiger partial charge in [-0.1, -0.05) is 0 Å². The average Bonchev–Trinajstić information content (AvgIpc) is 2.10. The summed E-state index contributed by atoms with van der Waals surface area (Å²) in [7, 11) is -3.26. The summed E-state index contributed by atoms with van der Waals surface area (Å²) >= 11 is 6.65. The van der Waals surface area contributed by atoms with Crippen LogP contribution in [0.15, 0.2) is 16.1 Å². The molecule has 0 unspecified atom stereocenters. The number of hydrogen-bond donors (Lipinski definition) is 1. The molecule has 1 aliphatic rings. The highest BCUT2D eigenvalue weighted by Gasteiger charge is 2.25. The highest BCUT2D eigenvalue weighted by atomic mass is 79.9. The number of hydrogen-bond acceptors (Lipinski definition) is 4. The Labute approximate surface area is 72.7 Å². The lowest BCUT2D eigenvalue weighted by Crippen LogP contribution is -2.07. The van der Waals surface area contributed by atoms with Gasteiger partial charge in [-0.2, -0.15) is 12.6 Å². The number of aliphatic imine (C=N–C) groups is 1. The van der Waals surface area contributed by atoms with E-state index in [2.05, 4.69) is 33.6 Å². The fraction of sp³-hybridized carbons (Fsp3) is 0.250. The van der Waals surface area contributed by atoms with Crippen molar-refractivity contribution in [2.45, 2.75) is 0 Å². The molecule has 0 N–H and O–H groups in total. The molecule has 0 bridgehead atoms. The van der Waals surface area contributed by atoms with Crippen molar-refractivity contribution in [1.29, 1.82) is 0 Å². The minimum Gasteiger partial charge on any atom is -0.236 e. The lowest BCUT2D eigenvalue weighted by molar-refractivity contribution is 0.614. The molecule has 0 atom stereocenters. The van der Waals surface area contributed by atoms with Gasteiger partial charge in [0.25, 0.3) is 0 Å². The van der Waals surface area contributed by atoms with Gasteiger partial charge in [-0.3, -0.25) is 0 Å². The van der Waals surface area contributed by atoms with Crippen molar-refractivity contribution in [3.63, 3.8) is 0 Å². The van der Waals surface area contributed by atoms with Gasteiger partial charge in [0, 0.05) is 12.0 Å². The first-order valence-electron chi connectivity index (χ1n) is 2.37. The van der Waals surface area contributed by atoms with E-state index in [9.17, 15) is 8.42 Å². The Bertz CT molecular complexity index is 303. The Morgan fingerprint density at radius 1 is 1.70 bits per heavy atom. The molecule has 1 rings (SSSR count). The molecule has 6 heteroatoms. The smallest absolute Gasteiger partial charge is 0.229 e. The lowest BCUT2D eigenvalue weighted by atomic mass is 10.7. The van der Waals surface area contributed by atoms with E-state index in [1.165, 1.54) is 6.20 Å². The fourth-order valence-corrected chi connectivity index (χ4v) is 2.58. The number of thiol groups is 1. The van der Waals surface area contributed by atoms with Crippen LogP contribution in [0.4, 0.5) is 0 Å². The highest BCUT2D eigenvalue weighted by Crippen LogP contribution is 2.20. The Hall–Kier alpha value is 0.190. The predicted octanol–water partition coefficient (Wildman–Crippen LogP) is 0.937. The van der Waals surface area contributed by atoms with Gasteiger partial charge in [0.1, 0.15) is 0 Å². The van der Waals surface area contributed by atoms with E-state index in [0.717, 1.165) is 0 Å². The molecule has 0 aromatic rings. The van der Waals surface area contributed by atoms with E-state index in [1.807, 2.05) is 0 Å². The third-order valence-corrected chi connectivity index (χ3v) is 4.56. The lowest BCUT2D eigenvalue weighted by Gasteiger charge is -1.94. The topological polar surface area (TPSA) is 46.5 Å². The van der Waals surface area contributed by atoms with E-state index in [1.54, 1.807) is 0 Å². The first-order chi connectivity index (χ1) is 4.59. The van der Waals surface area contributed by atoms with Crippen molar-refractivity contribution in [3.05, 3.63) is 11.1 Å². The second-order valence-electron chi connectivity index (χ2n) is 1.64. The number of nitrogens with zero attached hydrogens (tertiary/aromatic N) is 1. The zero-order chi connectivity index (χ0) is 7.78. The summed E-state index contributed by atoms with van der Waals surface area (Å²) in [6, 6.07) is 0. The van der Waals surface area contributed by atoms with Crippen LogP contribution in [0.5, 0.6) is 0 Å². The summed E-state index contributed by atoms with van der Waals surface area (Å²) in [5.41, 5.74) is 0. The Morgan fingerprint density at radius 3 is 2.50 bits per heavy atom. The van der Waals surface area contributed by atoms with Crippen LogP contribution in [0.3, 0.4) is 0 Å². The average molecular weight is 242 g/mol. The minimum absolute atomic E-state index is 0.0240. The SMILES string of the molecule is O=S1(=O)C(CS)=CN=C1Br. The van der Waals surface area contributed by atoms with Crippen molar-refractivity contribution in [2.24, 2.45) is 4.99 Å². The van der Waals surface area contributed by atoms with Crippen LogP contribution in [0.2, 0.25) is 0 Å². The first kappa shape index (κ1) is 8.29. The van der Waals surface area contributed by atoms with Gasteiger partial charge in [0.05, 0.1) is 4.91 Å². The molecule has 0 radical (unpaired) electrons. The molecule has 0 aromatic heterocycles. The molecule has 1 aliphatic heterocycles. The third-order valence-electron chi connectivity index (χ3n) is 1.03. The van der Waals surface area contributed by atoms with E-state index in [0.29, 0.717) is 0 Å². The van der Waals surface area contributed by atoms with Gasteiger partial charge >= 0.3 is 0 Å². The van der Waals surface area contributed by atoms with Crippen LogP contribution in [-0.4, -0.2) is 18.1 Å². The molecule has 1 heterocycles. The zero-order valence-corrected chi connectivity index (χ0v) is 8.08. The normalized spacial score (nSPS) is 22.2. The molecule has 10 heavy (non-hydrogen) atoms. The second kappa shape index (κ2) is 2.67. The van der Waals surface area contributed by atoms with Crippen LogP contribution in [0.1, 0.15) is 0 Å². The monoisotopic (exact) mass is 241 g/mol. The van der Waals surface area contributed by atoms with Gasteiger partial charge in [0.2, 0.25) is 13.8 Å². The molecule has 0 fully saturated rings. The summed E-state index contributed by atoms with van der Waals surface area (Å²) in [6.07, 6.45) is 1.30. The standard InChI is InChI=1S/C4H4BrNO2S2/c5-4-6-1-3(2-9)10(4,7)8/h1,9H,2H2. The van der Waals surface area contributed by atoms with E-state index < -0.39 is 9.84 Å². The largest absolute Gasteiger partial charge is 0.236 e. The molecule has 0 aromatic carbocycles. The maximum Gasteiger partial charge on any atom is 0.229 e. The summed E-state index contributed by atoms with van der Waals surface area (Å²) in [5, 5.41) is 0. The Balaban J connectivity index is 3.14. The van der Waals surface area contributed by atoms with Gasteiger partial charge < -0.3 is 0 Å². The van der Waals surface area contributed by atoms with Crippen LogP contribution in [-0.2, 0) is 9.84 Å². The number of sulfone groups is 1. The van der Waals surface area contributed by atoms with Crippen LogP contribution in [0.25, 0.3) is 0 Å². The van der Waals surface area contributed by atoms with E-state index in [4.69, 9.17) is 0 Å². The summed E-state index contributed by atoms with van der Waals surface area (Å²) in [5.74, 6) is 0.195. The second-order valence-corrected chi connectivity index (χ2v) is 5.15. The minimum atomic E-state index is -3.26. The quantitative estimate of drug-likeness (QED) is 0.695. The predicted molar refractivity (Wildman–Crippen MR) is 47.2 cm³/mol. The molecule has 0 saturated heterocycles. The maximum atomic E-state index is 11.0. The molecule has 0 saturated carbocycles. The van der Waals surface area contributed by atoms with Gasteiger partial charge in [0.15, 0.2) is 0 Å². The van der Waals surface area contributed by atoms with Crippen molar-refractivity contribution < 1.29 is 8.42 Å². The zero-order valence-electron chi connectivity index (χ0n) is 4.78. The highest BCUT2D eigenvalue weighted by molar-refractivity contribution is 9.21. The fourth-order valence-electron chi connectivity index (χ4n) is 0.495. The molecular formula is C4H4BrNO2S2. The Kier molecular flexibility index (Phi) is 2.21. The molecule has 3 nitrogen and oxygen atoms in total. The molecule has 0 aliphatic carbocycles. The van der Waals surface area contributed by atoms with Gasteiger partial charge in [-0.15, -0.1) is 0 Å². The number of rotatable bonds is 1. The van der Waals surface area contributed by atoms with Crippen molar-refractivity contribution in [2.75, 3.05) is 5.75 Å². The van der Waals surface area contributed by atoms with Crippen LogP contribution in [0, 0.1) is 0 Å².